The molecule has 0 radical (unpaired) electrons. The minimum Gasteiger partial charge on any atom is -0.389 e. The lowest BCUT2D eigenvalue weighted by Gasteiger charge is -2.28. The highest BCUT2D eigenvalue weighted by Gasteiger charge is 2.33. The smallest absolute Gasteiger partial charge is 0.0802 e. The van der Waals surface area contributed by atoms with Gasteiger partial charge >= 0.3 is 0 Å². The Kier molecular flexibility index (Phi) is 3.11. The number of nitrogens with zero attached hydrogens (tertiary/aromatic N) is 1. The van der Waals surface area contributed by atoms with Crippen LogP contribution in [-0.4, -0.2) is 10.7 Å². The van der Waals surface area contributed by atoms with Crippen LogP contribution in [0, 0.1) is 17.2 Å². The Bertz CT molecular complexity index is 175. The third-order valence-corrected chi connectivity index (χ3v) is 2.97. The monoisotopic (exact) mass is 167 g/mol. The molecule has 2 nitrogen and oxygen atoms in total. The molecule has 2 heteroatoms. The first-order chi connectivity index (χ1) is 5.69. The van der Waals surface area contributed by atoms with Crippen LogP contribution in [0.2, 0.25) is 0 Å². The molecule has 0 spiro atoms. The van der Waals surface area contributed by atoms with Gasteiger partial charge in [-0.25, -0.2) is 0 Å². The van der Waals surface area contributed by atoms with Crippen LogP contribution in [0.3, 0.4) is 0 Å². The zero-order valence-electron chi connectivity index (χ0n) is 7.71. The Morgan fingerprint density at radius 2 is 1.75 bits per heavy atom. The number of rotatable bonds is 1. The maximum Gasteiger partial charge on any atom is 0.0802 e. The summed E-state index contributed by atoms with van der Waals surface area (Å²) in [5.41, 5.74) is -0.689. The van der Waals surface area contributed by atoms with Crippen LogP contribution in [0.5, 0.6) is 0 Å². The molecule has 0 saturated heterocycles. The fourth-order valence-electron chi connectivity index (χ4n) is 1.89. The van der Waals surface area contributed by atoms with Gasteiger partial charge in [0.1, 0.15) is 0 Å². The minimum atomic E-state index is -0.689. The van der Waals surface area contributed by atoms with Gasteiger partial charge in [-0.05, 0) is 19.8 Å². The standard InChI is InChI=1S/C10H17NO/c1-9(8-11)10(12)6-4-2-3-5-7-10/h9,12H,2-7H2,1H3. The molecule has 0 aromatic heterocycles. The van der Waals surface area contributed by atoms with E-state index in [-0.39, 0.29) is 5.92 Å². The highest BCUT2D eigenvalue weighted by Crippen LogP contribution is 2.32. The minimum absolute atomic E-state index is 0.212. The van der Waals surface area contributed by atoms with Crippen molar-refractivity contribution in [2.75, 3.05) is 0 Å². The summed E-state index contributed by atoms with van der Waals surface area (Å²) in [5.74, 6) is -0.212. The summed E-state index contributed by atoms with van der Waals surface area (Å²) < 4.78 is 0. The first kappa shape index (κ1) is 9.54. The third-order valence-electron chi connectivity index (χ3n) is 2.97. The third kappa shape index (κ3) is 1.98. The van der Waals surface area contributed by atoms with E-state index in [0.29, 0.717) is 0 Å². The fraction of sp³-hybridized carbons (Fsp3) is 0.900. The fourth-order valence-corrected chi connectivity index (χ4v) is 1.89. The highest BCUT2D eigenvalue weighted by atomic mass is 16.3. The molecule has 1 fully saturated rings. The summed E-state index contributed by atoms with van der Waals surface area (Å²) >= 11 is 0. The molecule has 1 atom stereocenters. The number of nitriles is 1. The molecular formula is C10H17NO. The highest BCUT2D eigenvalue weighted by molar-refractivity contribution is 4.96. The van der Waals surface area contributed by atoms with Crippen molar-refractivity contribution in [3.8, 4) is 6.07 Å². The molecule has 0 bridgehead atoms. The lowest BCUT2D eigenvalue weighted by atomic mass is 9.83. The van der Waals surface area contributed by atoms with Crippen molar-refractivity contribution in [2.24, 2.45) is 5.92 Å². The van der Waals surface area contributed by atoms with Crippen LogP contribution in [0.1, 0.15) is 45.4 Å². The van der Waals surface area contributed by atoms with E-state index in [4.69, 9.17) is 5.26 Å². The lowest BCUT2D eigenvalue weighted by molar-refractivity contribution is -0.00600. The summed E-state index contributed by atoms with van der Waals surface area (Å²) in [6, 6.07) is 2.15. The van der Waals surface area contributed by atoms with E-state index in [9.17, 15) is 5.11 Å². The molecule has 0 heterocycles. The molecule has 1 rings (SSSR count). The van der Waals surface area contributed by atoms with Crippen molar-refractivity contribution < 1.29 is 5.11 Å². The average Bonchev–Trinajstić information content (AvgIpc) is 2.29. The van der Waals surface area contributed by atoms with E-state index in [1.54, 1.807) is 0 Å². The predicted molar refractivity (Wildman–Crippen MR) is 47.4 cm³/mol. The molecular weight excluding hydrogens is 150 g/mol. The SMILES string of the molecule is CC(C#N)C1(O)CCCCCC1. The summed E-state index contributed by atoms with van der Waals surface area (Å²) in [6.45, 7) is 1.82. The van der Waals surface area contributed by atoms with E-state index < -0.39 is 5.60 Å². The average molecular weight is 167 g/mol. The zero-order chi connectivity index (χ0) is 9.03. The quantitative estimate of drug-likeness (QED) is 0.608. The lowest BCUT2D eigenvalue weighted by Crippen LogP contribution is -2.34. The van der Waals surface area contributed by atoms with Crippen molar-refractivity contribution in [1.29, 1.82) is 5.26 Å². The summed E-state index contributed by atoms with van der Waals surface area (Å²) in [7, 11) is 0. The van der Waals surface area contributed by atoms with Gasteiger partial charge < -0.3 is 5.11 Å². The second-order valence-electron chi connectivity index (χ2n) is 3.87. The first-order valence-electron chi connectivity index (χ1n) is 4.81. The topological polar surface area (TPSA) is 44.0 Å². The van der Waals surface area contributed by atoms with Gasteiger partial charge in [0, 0.05) is 0 Å². The van der Waals surface area contributed by atoms with Gasteiger partial charge in [0.25, 0.3) is 0 Å². The predicted octanol–water partition coefficient (Wildman–Crippen LogP) is 2.23. The van der Waals surface area contributed by atoms with Crippen LogP contribution >= 0.6 is 0 Å². The summed E-state index contributed by atoms with van der Waals surface area (Å²) in [6.07, 6.45) is 6.18. The molecule has 12 heavy (non-hydrogen) atoms. The number of hydrogen-bond donors (Lipinski definition) is 1. The van der Waals surface area contributed by atoms with Gasteiger partial charge in [-0.15, -0.1) is 0 Å². The second-order valence-corrected chi connectivity index (χ2v) is 3.87. The van der Waals surface area contributed by atoms with Gasteiger partial charge in [0.2, 0.25) is 0 Å². The largest absolute Gasteiger partial charge is 0.389 e. The molecule has 68 valence electrons. The van der Waals surface area contributed by atoms with Crippen molar-refractivity contribution in [1.82, 2.24) is 0 Å². The molecule has 1 N–H and O–H groups in total. The normalized spacial score (nSPS) is 25.4. The molecule has 0 aliphatic heterocycles. The molecule has 1 aliphatic carbocycles. The Morgan fingerprint density at radius 1 is 1.25 bits per heavy atom. The van der Waals surface area contributed by atoms with Crippen molar-refractivity contribution in [3.05, 3.63) is 0 Å². The van der Waals surface area contributed by atoms with Crippen LogP contribution in [0.15, 0.2) is 0 Å². The maximum atomic E-state index is 10.1. The Morgan fingerprint density at radius 3 is 2.17 bits per heavy atom. The van der Waals surface area contributed by atoms with Gasteiger partial charge in [-0.3, -0.25) is 0 Å². The summed E-state index contributed by atoms with van der Waals surface area (Å²) in [4.78, 5) is 0. The zero-order valence-corrected chi connectivity index (χ0v) is 7.71. The van der Waals surface area contributed by atoms with Gasteiger partial charge in [-0.2, -0.15) is 5.26 Å². The van der Waals surface area contributed by atoms with E-state index in [1.165, 1.54) is 12.8 Å². The van der Waals surface area contributed by atoms with Crippen LogP contribution in [-0.2, 0) is 0 Å². The molecule has 0 aromatic carbocycles. The number of hydrogen-bond acceptors (Lipinski definition) is 2. The Balaban J connectivity index is 2.61. The Hall–Kier alpha value is -0.550. The van der Waals surface area contributed by atoms with E-state index >= 15 is 0 Å². The van der Waals surface area contributed by atoms with E-state index in [0.717, 1.165) is 25.7 Å². The first-order valence-corrected chi connectivity index (χ1v) is 4.81. The van der Waals surface area contributed by atoms with Gasteiger partial charge in [0.05, 0.1) is 17.6 Å². The molecule has 0 aromatic rings. The van der Waals surface area contributed by atoms with Crippen LogP contribution in [0.25, 0.3) is 0 Å². The van der Waals surface area contributed by atoms with Gasteiger partial charge in [0.15, 0.2) is 0 Å². The van der Waals surface area contributed by atoms with Crippen molar-refractivity contribution in [2.45, 2.75) is 51.0 Å². The summed E-state index contributed by atoms with van der Waals surface area (Å²) in [5, 5.41) is 18.8. The molecule has 1 unspecified atom stereocenters. The molecule has 0 amide bonds. The molecule has 1 aliphatic rings. The van der Waals surface area contributed by atoms with E-state index in [2.05, 4.69) is 6.07 Å². The van der Waals surface area contributed by atoms with Crippen molar-refractivity contribution in [3.63, 3.8) is 0 Å². The second kappa shape index (κ2) is 3.91. The molecule has 1 saturated carbocycles. The van der Waals surface area contributed by atoms with E-state index in [1.807, 2.05) is 6.92 Å². The Labute approximate surface area is 74.2 Å². The number of aliphatic hydroxyl groups is 1. The van der Waals surface area contributed by atoms with Gasteiger partial charge in [-0.1, -0.05) is 25.7 Å². The van der Waals surface area contributed by atoms with Crippen molar-refractivity contribution >= 4 is 0 Å². The van der Waals surface area contributed by atoms with Crippen LogP contribution in [0.4, 0.5) is 0 Å². The maximum absolute atomic E-state index is 10.1. The van der Waals surface area contributed by atoms with Crippen LogP contribution < -0.4 is 0 Å².